The molecule has 3 nitrogen and oxygen atoms in total. The lowest BCUT2D eigenvalue weighted by molar-refractivity contribution is -0.120. The van der Waals surface area contributed by atoms with Gasteiger partial charge in [0, 0.05) is 12.0 Å². The van der Waals surface area contributed by atoms with E-state index in [1.807, 2.05) is 0 Å². The highest BCUT2D eigenvalue weighted by Gasteiger charge is 2.25. The van der Waals surface area contributed by atoms with E-state index in [1.165, 1.54) is 6.07 Å². The summed E-state index contributed by atoms with van der Waals surface area (Å²) in [6, 6.07) is 3.34. The monoisotopic (exact) mass is 256 g/mol. The summed E-state index contributed by atoms with van der Waals surface area (Å²) in [6.45, 7) is 3.95. The molecule has 0 aliphatic rings. The molecular weight excluding hydrogens is 238 g/mol. The van der Waals surface area contributed by atoms with Gasteiger partial charge in [0.25, 0.3) is 0 Å². The van der Waals surface area contributed by atoms with E-state index in [-0.39, 0.29) is 24.6 Å². The molecule has 0 saturated heterocycles. The Morgan fingerprint density at radius 2 is 2.00 bits per heavy atom. The average molecular weight is 256 g/mol. The van der Waals surface area contributed by atoms with Crippen LogP contribution in [0.1, 0.15) is 19.4 Å². The number of rotatable bonds is 5. The maximum absolute atomic E-state index is 13.6. The lowest BCUT2D eigenvalue weighted by Crippen LogP contribution is -2.40. The van der Waals surface area contributed by atoms with Gasteiger partial charge in [-0.05, 0) is 30.8 Å². The Bertz CT molecular complexity index is 433. The van der Waals surface area contributed by atoms with Crippen LogP contribution in [0.5, 0.6) is 0 Å². The third kappa shape index (κ3) is 3.77. The first-order valence-electron chi connectivity index (χ1n) is 5.73. The van der Waals surface area contributed by atoms with Crippen molar-refractivity contribution in [3.05, 3.63) is 35.4 Å². The van der Waals surface area contributed by atoms with Crippen molar-refractivity contribution in [2.75, 3.05) is 20.1 Å². The van der Waals surface area contributed by atoms with Gasteiger partial charge in [-0.25, -0.2) is 8.78 Å². The number of halogens is 2. The number of amides is 1. The Morgan fingerprint density at radius 3 is 2.61 bits per heavy atom. The maximum atomic E-state index is 13.6. The molecule has 0 spiro atoms. The van der Waals surface area contributed by atoms with E-state index in [9.17, 15) is 13.6 Å². The number of benzene rings is 1. The molecule has 0 radical (unpaired) electrons. The highest BCUT2D eigenvalue weighted by molar-refractivity contribution is 5.78. The van der Waals surface area contributed by atoms with Gasteiger partial charge in [-0.3, -0.25) is 4.79 Å². The van der Waals surface area contributed by atoms with Crippen LogP contribution in [0.25, 0.3) is 0 Å². The standard InChI is InChI=1S/C13H18F2N2O/c1-13(2,8-17-12(18)7-16-3)10-6-9(14)4-5-11(10)15/h4-6,16H,7-8H2,1-3H3,(H,17,18). The Balaban J connectivity index is 2.79. The van der Waals surface area contributed by atoms with Crippen LogP contribution < -0.4 is 10.6 Å². The molecule has 1 aromatic carbocycles. The zero-order valence-corrected chi connectivity index (χ0v) is 10.8. The summed E-state index contributed by atoms with van der Waals surface area (Å²) < 4.78 is 26.8. The largest absolute Gasteiger partial charge is 0.354 e. The summed E-state index contributed by atoms with van der Waals surface area (Å²) in [6.07, 6.45) is 0. The van der Waals surface area contributed by atoms with Crippen LogP contribution in [-0.4, -0.2) is 26.0 Å². The van der Waals surface area contributed by atoms with E-state index in [1.54, 1.807) is 20.9 Å². The highest BCUT2D eigenvalue weighted by atomic mass is 19.1. The first-order chi connectivity index (χ1) is 8.36. The average Bonchev–Trinajstić information content (AvgIpc) is 2.30. The fraction of sp³-hybridized carbons (Fsp3) is 0.462. The van der Waals surface area contributed by atoms with Gasteiger partial charge in [0.2, 0.25) is 5.91 Å². The van der Waals surface area contributed by atoms with Gasteiger partial charge in [-0.15, -0.1) is 0 Å². The second-order valence-electron chi connectivity index (χ2n) is 4.82. The summed E-state index contributed by atoms with van der Waals surface area (Å²) in [4.78, 5) is 11.3. The lowest BCUT2D eigenvalue weighted by atomic mass is 9.84. The molecule has 0 atom stereocenters. The number of hydrogen-bond donors (Lipinski definition) is 2. The van der Waals surface area contributed by atoms with Crippen molar-refractivity contribution >= 4 is 5.91 Å². The summed E-state index contributed by atoms with van der Waals surface area (Å²) in [7, 11) is 1.66. The zero-order valence-electron chi connectivity index (χ0n) is 10.8. The summed E-state index contributed by atoms with van der Waals surface area (Å²) in [5.74, 6) is -1.13. The fourth-order valence-corrected chi connectivity index (χ4v) is 1.65. The molecule has 0 fully saturated rings. The zero-order chi connectivity index (χ0) is 13.8. The van der Waals surface area contributed by atoms with Crippen molar-refractivity contribution < 1.29 is 13.6 Å². The van der Waals surface area contributed by atoms with Crippen LogP contribution in [0.4, 0.5) is 8.78 Å². The van der Waals surface area contributed by atoms with E-state index in [2.05, 4.69) is 10.6 Å². The summed E-state index contributed by atoms with van der Waals surface area (Å²) >= 11 is 0. The topological polar surface area (TPSA) is 41.1 Å². The van der Waals surface area contributed by atoms with Crippen LogP contribution in [0.2, 0.25) is 0 Å². The Hall–Kier alpha value is -1.49. The SMILES string of the molecule is CNCC(=O)NCC(C)(C)c1cc(F)ccc1F. The van der Waals surface area contributed by atoms with Crippen molar-refractivity contribution in [3.63, 3.8) is 0 Å². The predicted octanol–water partition coefficient (Wildman–Crippen LogP) is 1.58. The van der Waals surface area contributed by atoms with Crippen molar-refractivity contribution in [1.82, 2.24) is 10.6 Å². The van der Waals surface area contributed by atoms with Gasteiger partial charge >= 0.3 is 0 Å². The quantitative estimate of drug-likeness (QED) is 0.839. The first-order valence-corrected chi connectivity index (χ1v) is 5.73. The van der Waals surface area contributed by atoms with Crippen molar-refractivity contribution in [2.24, 2.45) is 0 Å². The number of likely N-dealkylation sites (N-methyl/N-ethyl adjacent to an activating group) is 1. The van der Waals surface area contributed by atoms with E-state index in [0.29, 0.717) is 0 Å². The fourth-order valence-electron chi connectivity index (χ4n) is 1.65. The van der Waals surface area contributed by atoms with Gasteiger partial charge < -0.3 is 10.6 Å². The minimum Gasteiger partial charge on any atom is -0.354 e. The number of carbonyl (C=O) groups excluding carboxylic acids is 1. The van der Waals surface area contributed by atoms with Gasteiger partial charge in [0.05, 0.1) is 6.54 Å². The molecule has 1 aromatic rings. The molecule has 1 rings (SSSR count). The number of carbonyl (C=O) groups is 1. The molecule has 0 bridgehead atoms. The van der Waals surface area contributed by atoms with Crippen molar-refractivity contribution in [2.45, 2.75) is 19.3 Å². The molecule has 2 N–H and O–H groups in total. The molecule has 0 aromatic heterocycles. The molecular formula is C13H18F2N2O. The summed E-state index contributed by atoms with van der Waals surface area (Å²) in [5, 5.41) is 5.40. The van der Waals surface area contributed by atoms with E-state index in [4.69, 9.17) is 0 Å². The second kappa shape index (κ2) is 5.91. The molecule has 0 heterocycles. The third-order valence-corrected chi connectivity index (χ3v) is 2.72. The van der Waals surface area contributed by atoms with Crippen molar-refractivity contribution in [3.8, 4) is 0 Å². The molecule has 0 aliphatic carbocycles. The summed E-state index contributed by atoms with van der Waals surface area (Å²) in [5.41, 5.74) is -0.414. The maximum Gasteiger partial charge on any atom is 0.233 e. The van der Waals surface area contributed by atoms with Crippen LogP contribution in [0.15, 0.2) is 18.2 Å². The lowest BCUT2D eigenvalue weighted by Gasteiger charge is -2.26. The first kappa shape index (κ1) is 14.6. The Morgan fingerprint density at radius 1 is 1.33 bits per heavy atom. The molecule has 0 aliphatic heterocycles. The smallest absolute Gasteiger partial charge is 0.233 e. The predicted molar refractivity (Wildman–Crippen MR) is 66.3 cm³/mol. The van der Waals surface area contributed by atoms with E-state index < -0.39 is 17.0 Å². The molecule has 18 heavy (non-hydrogen) atoms. The van der Waals surface area contributed by atoms with Gasteiger partial charge in [0.15, 0.2) is 0 Å². The highest BCUT2D eigenvalue weighted by Crippen LogP contribution is 2.25. The molecule has 100 valence electrons. The van der Waals surface area contributed by atoms with Gasteiger partial charge in [0.1, 0.15) is 11.6 Å². The van der Waals surface area contributed by atoms with Crippen LogP contribution >= 0.6 is 0 Å². The second-order valence-corrected chi connectivity index (χ2v) is 4.82. The molecule has 5 heteroatoms. The minimum atomic E-state index is -0.671. The molecule has 0 unspecified atom stereocenters. The Kier molecular flexibility index (Phi) is 4.78. The third-order valence-electron chi connectivity index (χ3n) is 2.72. The van der Waals surface area contributed by atoms with E-state index >= 15 is 0 Å². The van der Waals surface area contributed by atoms with Gasteiger partial charge in [-0.2, -0.15) is 0 Å². The van der Waals surface area contributed by atoms with Crippen molar-refractivity contribution in [1.29, 1.82) is 0 Å². The van der Waals surface area contributed by atoms with Crippen LogP contribution in [0, 0.1) is 11.6 Å². The van der Waals surface area contributed by atoms with Gasteiger partial charge in [-0.1, -0.05) is 13.8 Å². The van der Waals surface area contributed by atoms with Crippen LogP contribution in [0.3, 0.4) is 0 Å². The van der Waals surface area contributed by atoms with E-state index in [0.717, 1.165) is 12.1 Å². The molecule has 0 saturated carbocycles. The minimum absolute atomic E-state index is 0.178. The Labute approximate surface area is 106 Å². The number of hydrogen-bond acceptors (Lipinski definition) is 2. The number of nitrogens with one attached hydrogen (secondary N) is 2. The molecule has 1 amide bonds. The normalized spacial score (nSPS) is 11.4. The van der Waals surface area contributed by atoms with Crippen LogP contribution in [-0.2, 0) is 10.2 Å².